The van der Waals surface area contributed by atoms with E-state index in [1.165, 1.54) is 54.6 Å². The molecular formula is C65H46F10N6O11. The predicted molar refractivity (Wildman–Crippen MR) is 311 cm³/mol. The monoisotopic (exact) mass is 1280 g/mol. The van der Waals surface area contributed by atoms with Crippen molar-refractivity contribution in [1.82, 2.24) is 30.3 Å². The third kappa shape index (κ3) is 16.0. The summed E-state index contributed by atoms with van der Waals surface area (Å²) in [4.78, 5) is 21.9. The van der Waals surface area contributed by atoms with Gasteiger partial charge in [-0.2, -0.15) is 0 Å². The van der Waals surface area contributed by atoms with Crippen LogP contribution in [0.2, 0.25) is 0 Å². The molecule has 472 valence electrons. The van der Waals surface area contributed by atoms with Crippen LogP contribution in [0.15, 0.2) is 190 Å². The number of rotatable bonds is 17. The molecule has 27 heteroatoms. The molecule has 1 fully saturated rings. The molecule has 0 bridgehead atoms. The molecule has 12 aromatic rings. The average molecular weight is 1280 g/mol. The third-order valence-electron chi connectivity index (χ3n) is 13.8. The van der Waals surface area contributed by atoms with Gasteiger partial charge in [0.25, 0.3) is 17.6 Å². The fourth-order valence-corrected chi connectivity index (χ4v) is 9.55. The third-order valence-corrected chi connectivity index (χ3v) is 13.8. The predicted octanol–water partition coefficient (Wildman–Crippen LogP) is 16.4. The lowest BCUT2D eigenvalue weighted by Gasteiger charge is -2.14. The average Bonchev–Trinajstić information content (AvgIpc) is 1.70. The molecule has 1 amide bonds. The Balaban J connectivity index is 0.000000141. The van der Waals surface area contributed by atoms with Gasteiger partial charge in [0.15, 0.2) is 17.0 Å². The van der Waals surface area contributed by atoms with E-state index in [4.69, 9.17) is 32.5 Å². The summed E-state index contributed by atoms with van der Waals surface area (Å²) in [6, 6.07) is 43.0. The summed E-state index contributed by atoms with van der Waals surface area (Å²) >= 11 is 0. The molecule has 0 aliphatic carbocycles. The van der Waals surface area contributed by atoms with Crippen LogP contribution in [-0.4, -0.2) is 82.1 Å². The summed E-state index contributed by atoms with van der Waals surface area (Å²) in [5, 5.41) is 15.3. The van der Waals surface area contributed by atoms with Crippen molar-refractivity contribution in [3.05, 3.63) is 193 Å². The number of carbonyl (C=O) groups is 1. The molecule has 1 saturated heterocycles. The number of pyridine rings is 2. The molecule has 0 atom stereocenters. The Labute approximate surface area is 513 Å². The standard InChI is InChI=1S/C24H15F3N2O3.C21H15F3N2O4.C20H16F4N2O4/c25-24(26,27)31-20-8-5-15(6-9-20)17-7-10-22-21(12-17)23(29-32-22)30-14-19-11-16-3-1-2-4-18(16)13-28-19;1-27-17-8-9-25-15(11-17)12-28-20-18-10-14(4-7-19(18)30-26-20)13-2-5-16(6-3-13)29-21(22,23)24;21-16-11-13(12-3-5-14(6-4-12)29-20(22,23)24)10-15-18(16)30-25-19(15)28-9-8-26-7-1-2-17(26)27/h1-13H,14H2;2-11H,12H2,1H3;3-6,10-11H,1-2,7-9H2. The summed E-state index contributed by atoms with van der Waals surface area (Å²) in [5.41, 5.74) is 6.18. The molecule has 0 radical (unpaired) electrons. The molecule has 0 unspecified atom stereocenters. The minimum Gasteiger partial charge on any atom is -0.497 e. The fraction of sp³-hybridized carbons (Fsp3) is 0.169. The number of benzene rings is 7. The van der Waals surface area contributed by atoms with Gasteiger partial charge in [0.05, 0.1) is 41.2 Å². The van der Waals surface area contributed by atoms with E-state index in [1.54, 1.807) is 85.1 Å². The first-order chi connectivity index (χ1) is 44.2. The first-order valence-electron chi connectivity index (χ1n) is 27.6. The van der Waals surface area contributed by atoms with Crippen molar-refractivity contribution in [2.75, 3.05) is 26.8 Å². The largest absolute Gasteiger partial charge is 0.573 e. The molecule has 0 N–H and O–H groups in total. The maximum Gasteiger partial charge on any atom is 0.573 e. The molecule has 0 saturated carbocycles. The zero-order valence-corrected chi connectivity index (χ0v) is 47.6. The minimum absolute atomic E-state index is 0.0647. The number of alkyl halides is 9. The zero-order chi connectivity index (χ0) is 64.6. The van der Waals surface area contributed by atoms with E-state index in [0.717, 1.165) is 46.1 Å². The van der Waals surface area contributed by atoms with Crippen LogP contribution in [0.3, 0.4) is 0 Å². The second-order valence-corrected chi connectivity index (χ2v) is 20.1. The highest BCUT2D eigenvalue weighted by atomic mass is 19.4. The lowest BCUT2D eigenvalue weighted by Crippen LogP contribution is -2.29. The van der Waals surface area contributed by atoms with Gasteiger partial charge in [-0.1, -0.05) is 72.8 Å². The normalized spacial score (nSPS) is 12.6. The van der Waals surface area contributed by atoms with E-state index < -0.39 is 24.9 Å². The first-order valence-corrected chi connectivity index (χ1v) is 27.6. The number of amides is 1. The van der Waals surface area contributed by atoms with Crippen molar-refractivity contribution in [1.29, 1.82) is 0 Å². The number of methoxy groups -OCH3 is 1. The molecule has 0 spiro atoms. The van der Waals surface area contributed by atoms with Gasteiger partial charge in [-0.25, -0.2) is 4.39 Å². The number of carbonyl (C=O) groups excluding carboxylic acids is 1. The van der Waals surface area contributed by atoms with Crippen LogP contribution in [0, 0.1) is 5.82 Å². The van der Waals surface area contributed by atoms with Crippen molar-refractivity contribution in [3.63, 3.8) is 0 Å². The van der Waals surface area contributed by atoms with Crippen molar-refractivity contribution < 1.29 is 95.4 Å². The number of ether oxygens (including phenoxy) is 7. The van der Waals surface area contributed by atoms with Crippen LogP contribution < -0.4 is 33.2 Å². The van der Waals surface area contributed by atoms with E-state index in [-0.39, 0.29) is 65.7 Å². The molecule has 7 aromatic carbocycles. The molecule has 1 aliphatic rings. The quantitative estimate of drug-likeness (QED) is 0.0782. The Bertz CT molecular complexity index is 4520. The van der Waals surface area contributed by atoms with Gasteiger partial charge in [-0.05, 0) is 146 Å². The smallest absolute Gasteiger partial charge is 0.497 e. The van der Waals surface area contributed by atoms with E-state index in [0.29, 0.717) is 81.0 Å². The second-order valence-electron chi connectivity index (χ2n) is 20.1. The van der Waals surface area contributed by atoms with Crippen LogP contribution >= 0.6 is 0 Å². The highest BCUT2D eigenvalue weighted by Crippen LogP contribution is 2.37. The summed E-state index contributed by atoms with van der Waals surface area (Å²) in [6.45, 7) is 1.60. The summed E-state index contributed by atoms with van der Waals surface area (Å²) in [5.74, 6) is -0.222. The Kier molecular flexibility index (Phi) is 18.3. The zero-order valence-electron chi connectivity index (χ0n) is 47.6. The molecule has 13 rings (SSSR count). The molecule has 5 aromatic heterocycles. The van der Waals surface area contributed by atoms with Crippen molar-refractivity contribution in [3.8, 4) is 74.0 Å². The second kappa shape index (κ2) is 26.9. The topological polar surface area (TPSA) is 189 Å². The lowest BCUT2D eigenvalue weighted by molar-refractivity contribution is -0.275. The van der Waals surface area contributed by atoms with Gasteiger partial charge in [-0.15, -0.1) is 39.5 Å². The van der Waals surface area contributed by atoms with Gasteiger partial charge in [0, 0.05) is 36.8 Å². The highest BCUT2D eigenvalue weighted by Gasteiger charge is 2.33. The van der Waals surface area contributed by atoms with Gasteiger partial charge in [-0.3, -0.25) is 14.8 Å². The first kappa shape index (κ1) is 62.5. The molecule has 6 heterocycles. The van der Waals surface area contributed by atoms with Crippen LogP contribution in [-0.2, 0) is 18.0 Å². The van der Waals surface area contributed by atoms with Crippen LogP contribution in [0.5, 0.6) is 40.6 Å². The Hall–Kier alpha value is -11.1. The van der Waals surface area contributed by atoms with Crippen molar-refractivity contribution in [2.24, 2.45) is 0 Å². The Morgan fingerprint density at radius 3 is 1.48 bits per heavy atom. The van der Waals surface area contributed by atoms with E-state index in [2.05, 4.69) is 39.6 Å². The van der Waals surface area contributed by atoms with Crippen LogP contribution in [0.4, 0.5) is 43.9 Å². The maximum absolute atomic E-state index is 14.5. The van der Waals surface area contributed by atoms with E-state index >= 15 is 0 Å². The summed E-state index contributed by atoms with van der Waals surface area (Å²) < 4.78 is 175. The van der Waals surface area contributed by atoms with Gasteiger partial charge >= 0.3 is 19.1 Å². The highest BCUT2D eigenvalue weighted by molar-refractivity contribution is 5.90. The van der Waals surface area contributed by atoms with E-state index in [9.17, 15) is 48.7 Å². The number of likely N-dealkylation sites (tertiary alicyclic amines) is 1. The summed E-state index contributed by atoms with van der Waals surface area (Å²) in [7, 11) is 1.56. The van der Waals surface area contributed by atoms with Crippen molar-refractivity contribution >= 4 is 49.6 Å². The van der Waals surface area contributed by atoms with Gasteiger partial charge in [0.2, 0.25) is 11.5 Å². The Morgan fingerprint density at radius 1 is 0.489 bits per heavy atom. The molecule has 1 aliphatic heterocycles. The van der Waals surface area contributed by atoms with Gasteiger partial charge in [0.1, 0.15) is 42.8 Å². The molecule has 17 nitrogen and oxygen atoms in total. The number of aromatic nitrogens is 5. The molecular weight excluding hydrogens is 1230 g/mol. The van der Waals surface area contributed by atoms with Gasteiger partial charge < -0.3 is 51.6 Å². The van der Waals surface area contributed by atoms with E-state index in [1.807, 2.05) is 36.4 Å². The van der Waals surface area contributed by atoms with Crippen molar-refractivity contribution in [2.45, 2.75) is 45.1 Å². The lowest BCUT2D eigenvalue weighted by atomic mass is 10.0. The summed E-state index contributed by atoms with van der Waals surface area (Å²) in [6.07, 6.45) is -9.51. The fourth-order valence-electron chi connectivity index (χ4n) is 9.55. The number of fused-ring (bicyclic) bond motifs is 4. The maximum atomic E-state index is 14.5. The van der Waals surface area contributed by atoms with Crippen LogP contribution in [0.1, 0.15) is 24.2 Å². The number of halogens is 10. The minimum atomic E-state index is -4.79. The number of hydrogen-bond acceptors (Lipinski definition) is 16. The number of nitrogens with zero attached hydrogens (tertiary/aromatic N) is 6. The number of hydrogen-bond donors (Lipinski definition) is 0. The van der Waals surface area contributed by atoms with Crippen LogP contribution in [0.25, 0.3) is 77.1 Å². The Morgan fingerprint density at radius 2 is 0.967 bits per heavy atom. The molecule has 92 heavy (non-hydrogen) atoms. The SMILES string of the molecule is COc1ccnc(COc2noc3ccc(-c4ccc(OC(F)(F)F)cc4)cc23)c1.FC(F)(F)Oc1ccc(-c2ccc3onc(OCc4cc5ccccc5cn4)c3c2)cc1.O=C1CCCN1CCOc1noc2c(F)cc(-c3ccc(OC(F)(F)F)cc3)cc12.